The summed E-state index contributed by atoms with van der Waals surface area (Å²) in [5.41, 5.74) is 2.66. The van der Waals surface area contributed by atoms with Crippen molar-refractivity contribution in [3.63, 3.8) is 0 Å². The molecule has 0 bridgehead atoms. The molecule has 0 saturated heterocycles. The third kappa shape index (κ3) is 3.42. The summed E-state index contributed by atoms with van der Waals surface area (Å²) in [4.78, 5) is 12.5. The number of carbonyl (C=O) groups is 1. The first kappa shape index (κ1) is 15.7. The highest BCUT2D eigenvalue weighted by Crippen LogP contribution is 2.31. The summed E-state index contributed by atoms with van der Waals surface area (Å²) in [6.07, 6.45) is 0.623. The molecule has 1 aliphatic heterocycles. The predicted octanol–water partition coefficient (Wildman–Crippen LogP) is 3.85. The summed E-state index contributed by atoms with van der Waals surface area (Å²) in [6, 6.07) is 11.1. The van der Waals surface area contributed by atoms with Crippen LogP contribution in [-0.4, -0.2) is 19.6 Å². The maximum absolute atomic E-state index is 12.5. The maximum atomic E-state index is 12.5. The topological polar surface area (TPSA) is 47.6 Å². The van der Waals surface area contributed by atoms with Crippen LogP contribution >= 0.6 is 11.6 Å². The lowest BCUT2D eigenvalue weighted by molar-refractivity contribution is -0.121. The number of hydrogen-bond donors (Lipinski definition) is 1. The van der Waals surface area contributed by atoms with Crippen LogP contribution in [0.3, 0.4) is 0 Å². The Bertz CT molecular complexity index is 745. The van der Waals surface area contributed by atoms with Gasteiger partial charge in [-0.25, -0.2) is 0 Å². The largest absolute Gasteiger partial charge is 0.497 e. The van der Waals surface area contributed by atoms with Crippen LogP contribution in [-0.2, 0) is 11.2 Å². The van der Waals surface area contributed by atoms with Gasteiger partial charge in [-0.2, -0.15) is 0 Å². The minimum absolute atomic E-state index is 0.0709. The van der Waals surface area contributed by atoms with Crippen molar-refractivity contribution in [2.75, 3.05) is 19.0 Å². The summed E-state index contributed by atoms with van der Waals surface area (Å²) in [5, 5.41) is 3.54. The van der Waals surface area contributed by atoms with Gasteiger partial charge in [0.15, 0.2) is 0 Å². The van der Waals surface area contributed by atoms with Gasteiger partial charge in [-0.15, -0.1) is 0 Å². The molecule has 0 fully saturated rings. The Morgan fingerprint density at radius 2 is 2.13 bits per heavy atom. The van der Waals surface area contributed by atoms with E-state index in [0.29, 0.717) is 23.7 Å². The lowest BCUT2D eigenvalue weighted by atomic mass is 9.95. The van der Waals surface area contributed by atoms with Gasteiger partial charge in [0.05, 0.1) is 13.0 Å². The van der Waals surface area contributed by atoms with Crippen LogP contribution in [0.5, 0.6) is 11.5 Å². The normalized spacial score (nSPS) is 16.2. The fraction of sp³-hybridized carbons (Fsp3) is 0.278. The number of methoxy groups -OCH3 is 1. The molecule has 23 heavy (non-hydrogen) atoms. The second kappa shape index (κ2) is 6.50. The molecule has 1 amide bonds. The monoisotopic (exact) mass is 331 g/mol. The number of aryl methyl sites for hydroxylation is 1. The Morgan fingerprint density at radius 3 is 2.87 bits per heavy atom. The molecular formula is C18H18ClNO3. The molecule has 120 valence electrons. The van der Waals surface area contributed by atoms with Gasteiger partial charge in [-0.05, 0) is 54.8 Å². The average Bonchev–Trinajstić information content (AvgIpc) is 2.57. The molecule has 5 heteroatoms. The molecule has 0 spiro atoms. The van der Waals surface area contributed by atoms with Gasteiger partial charge >= 0.3 is 0 Å². The second-order valence-corrected chi connectivity index (χ2v) is 6.05. The van der Waals surface area contributed by atoms with Gasteiger partial charge in [-0.1, -0.05) is 17.7 Å². The molecule has 1 atom stereocenters. The third-order valence-electron chi connectivity index (χ3n) is 3.98. The first-order valence-corrected chi connectivity index (χ1v) is 7.81. The van der Waals surface area contributed by atoms with Crippen molar-refractivity contribution in [1.82, 2.24) is 0 Å². The standard InChI is InChI=1S/C18H18ClNO3/c1-11-3-4-14(9-16(11)19)20-18(21)13-7-12-8-15(22-2)5-6-17(12)23-10-13/h3-6,8-9,13H,7,10H2,1-2H3,(H,20,21). The van der Waals surface area contributed by atoms with E-state index in [-0.39, 0.29) is 11.8 Å². The molecule has 0 saturated carbocycles. The zero-order valence-corrected chi connectivity index (χ0v) is 13.8. The van der Waals surface area contributed by atoms with E-state index in [1.807, 2.05) is 37.3 Å². The van der Waals surface area contributed by atoms with Crippen LogP contribution in [0.25, 0.3) is 0 Å². The average molecular weight is 332 g/mol. The molecule has 4 nitrogen and oxygen atoms in total. The molecule has 2 aromatic rings. The van der Waals surface area contributed by atoms with Crippen LogP contribution in [0, 0.1) is 12.8 Å². The van der Waals surface area contributed by atoms with Crippen molar-refractivity contribution in [2.24, 2.45) is 5.92 Å². The van der Waals surface area contributed by atoms with Crippen LogP contribution in [0.1, 0.15) is 11.1 Å². The molecule has 3 rings (SSSR count). The number of anilines is 1. The SMILES string of the molecule is COc1ccc2c(c1)CC(C(=O)Nc1ccc(C)c(Cl)c1)CO2. The molecular weight excluding hydrogens is 314 g/mol. The number of hydrogen-bond acceptors (Lipinski definition) is 3. The first-order valence-electron chi connectivity index (χ1n) is 7.43. The van der Waals surface area contributed by atoms with Crippen LogP contribution in [0.2, 0.25) is 5.02 Å². The van der Waals surface area contributed by atoms with E-state index < -0.39 is 0 Å². The van der Waals surface area contributed by atoms with Crippen molar-refractivity contribution < 1.29 is 14.3 Å². The van der Waals surface area contributed by atoms with Gasteiger partial charge < -0.3 is 14.8 Å². The van der Waals surface area contributed by atoms with Gasteiger partial charge in [0.25, 0.3) is 0 Å². The Morgan fingerprint density at radius 1 is 1.30 bits per heavy atom. The number of ether oxygens (including phenoxy) is 2. The van der Waals surface area contributed by atoms with E-state index in [9.17, 15) is 4.79 Å². The Labute approximate surface area is 140 Å². The number of carbonyl (C=O) groups excluding carboxylic acids is 1. The molecule has 1 heterocycles. The minimum Gasteiger partial charge on any atom is -0.497 e. The van der Waals surface area contributed by atoms with Crippen molar-refractivity contribution in [1.29, 1.82) is 0 Å². The summed E-state index contributed by atoms with van der Waals surface area (Å²) in [5.74, 6) is 1.26. The zero-order chi connectivity index (χ0) is 16.4. The van der Waals surface area contributed by atoms with Crippen molar-refractivity contribution in [2.45, 2.75) is 13.3 Å². The van der Waals surface area contributed by atoms with Gasteiger partial charge in [-0.3, -0.25) is 4.79 Å². The smallest absolute Gasteiger partial charge is 0.231 e. The lowest BCUT2D eigenvalue weighted by Crippen LogP contribution is -2.32. The van der Waals surface area contributed by atoms with E-state index in [2.05, 4.69) is 5.32 Å². The predicted molar refractivity (Wildman–Crippen MR) is 90.5 cm³/mol. The summed E-state index contributed by atoms with van der Waals surface area (Å²) in [6.45, 7) is 2.29. The highest BCUT2D eigenvalue weighted by atomic mass is 35.5. The zero-order valence-electron chi connectivity index (χ0n) is 13.1. The molecule has 0 radical (unpaired) electrons. The maximum Gasteiger partial charge on any atom is 0.231 e. The van der Waals surface area contributed by atoms with E-state index in [0.717, 1.165) is 22.6 Å². The highest BCUT2D eigenvalue weighted by Gasteiger charge is 2.26. The molecule has 1 N–H and O–H groups in total. The van der Waals surface area contributed by atoms with E-state index in [4.69, 9.17) is 21.1 Å². The molecule has 0 aromatic heterocycles. The van der Waals surface area contributed by atoms with Crippen molar-refractivity contribution in [3.05, 3.63) is 52.5 Å². The molecule has 1 unspecified atom stereocenters. The third-order valence-corrected chi connectivity index (χ3v) is 4.39. The first-order chi connectivity index (χ1) is 11.1. The van der Waals surface area contributed by atoms with E-state index >= 15 is 0 Å². The van der Waals surface area contributed by atoms with Crippen molar-refractivity contribution >= 4 is 23.2 Å². The molecule has 2 aromatic carbocycles. The number of fused-ring (bicyclic) bond motifs is 1. The minimum atomic E-state index is -0.241. The van der Waals surface area contributed by atoms with Crippen LogP contribution in [0.4, 0.5) is 5.69 Å². The summed E-state index contributed by atoms with van der Waals surface area (Å²) >= 11 is 6.09. The van der Waals surface area contributed by atoms with E-state index in [1.54, 1.807) is 13.2 Å². The van der Waals surface area contributed by atoms with E-state index in [1.165, 1.54) is 0 Å². The Balaban J connectivity index is 1.72. The van der Waals surface area contributed by atoms with Crippen LogP contribution < -0.4 is 14.8 Å². The molecule has 0 aliphatic carbocycles. The number of halogens is 1. The van der Waals surface area contributed by atoms with Gasteiger partial charge in [0.1, 0.15) is 18.1 Å². The Hall–Kier alpha value is -2.20. The number of benzene rings is 2. The number of rotatable bonds is 3. The fourth-order valence-corrected chi connectivity index (χ4v) is 2.76. The van der Waals surface area contributed by atoms with Crippen molar-refractivity contribution in [3.8, 4) is 11.5 Å². The number of amides is 1. The highest BCUT2D eigenvalue weighted by molar-refractivity contribution is 6.31. The molecule has 1 aliphatic rings. The summed E-state index contributed by atoms with van der Waals surface area (Å²) < 4.78 is 10.9. The Kier molecular flexibility index (Phi) is 4.44. The summed E-state index contributed by atoms with van der Waals surface area (Å²) in [7, 11) is 1.62. The second-order valence-electron chi connectivity index (χ2n) is 5.64. The van der Waals surface area contributed by atoms with Gasteiger partial charge in [0.2, 0.25) is 5.91 Å². The fourth-order valence-electron chi connectivity index (χ4n) is 2.58. The lowest BCUT2D eigenvalue weighted by Gasteiger charge is -2.25. The number of nitrogens with one attached hydrogen (secondary N) is 1. The van der Waals surface area contributed by atoms with Gasteiger partial charge in [0, 0.05) is 10.7 Å². The van der Waals surface area contributed by atoms with Crippen LogP contribution in [0.15, 0.2) is 36.4 Å². The quantitative estimate of drug-likeness (QED) is 0.929.